The van der Waals surface area contributed by atoms with E-state index in [4.69, 9.17) is 0 Å². The quantitative estimate of drug-likeness (QED) is 0.607. The lowest BCUT2D eigenvalue weighted by Crippen LogP contribution is -2.35. The van der Waals surface area contributed by atoms with Crippen LogP contribution < -0.4 is 5.32 Å². The van der Waals surface area contributed by atoms with Crippen molar-refractivity contribution in [2.75, 3.05) is 13.1 Å². The number of nitrogens with zero attached hydrogens (tertiary/aromatic N) is 3. The van der Waals surface area contributed by atoms with Crippen molar-refractivity contribution in [1.82, 2.24) is 20.0 Å². The summed E-state index contributed by atoms with van der Waals surface area (Å²) in [5, 5.41) is 17.3. The molecule has 2 heterocycles. The van der Waals surface area contributed by atoms with Crippen LogP contribution in [0, 0.1) is 5.82 Å². The molecule has 172 valence electrons. The lowest BCUT2D eigenvalue weighted by molar-refractivity contribution is 0.0792. The second-order valence-corrected chi connectivity index (χ2v) is 9.02. The summed E-state index contributed by atoms with van der Waals surface area (Å²) in [6.07, 6.45) is 4.21. The van der Waals surface area contributed by atoms with Gasteiger partial charge in [-0.05, 0) is 67.5 Å². The van der Waals surface area contributed by atoms with E-state index < -0.39 is 0 Å². The molecule has 6 nitrogen and oxygen atoms in total. The van der Waals surface area contributed by atoms with Gasteiger partial charge in [0.25, 0.3) is 5.91 Å². The second kappa shape index (κ2) is 9.45. The van der Waals surface area contributed by atoms with E-state index >= 15 is 0 Å². The fourth-order valence-corrected chi connectivity index (χ4v) is 4.78. The van der Waals surface area contributed by atoms with Crippen molar-refractivity contribution in [3.63, 3.8) is 0 Å². The van der Waals surface area contributed by atoms with Gasteiger partial charge < -0.3 is 10.4 Å². The molecule has 1 aliphatic carbocycles. The maximum absolute atomic E-state index is 13.3. The van der Waals surface area contributed by atoms with Gasteiger partial charge in [-0.3, -0.25) is 9.69 Å². The van der Waals surface area contributed by atoms with Gasteiger partial charge >= 0.3 is 0 Å². The van der Waals surface area contributed by atoms with Gasteiger partial charge in [0.05, 0.1) is 11.8 Å². The van der Waals surface area contributed by atoms with Crippen molar-refractivity contribution in [2.45, 2.75) is 51.3 Å². The zero-order valence-electron chi connectivity index (χ0n) is 18.6. The third kappa shape index (κ3) is 4.84. The van der Waals surface area contributed by atoms with E-state index in [0.717, 1.165) is 74.2 Å². The summed E-state index contributed by atoms with van der Waals surface area (Å²) in [4.78, 5) is 15.3. The smallest absolute Gasteiger partial charge is 0.272 e. The molecule has 1 fully saturated rings. The maximum atomic E-state index is 13.3. The number of carbonyl (C=O) groups is 1. The number of benzene rings is 2. The predicted molar refractivity (Wildman–Crippen MR) is 124 cm³/mol. The Morgan fingerprint density at radius 2 is 1.73 bits per heavy atom. The molecular weight excluding hydrogens is 419 g/mol. The van der Waals surface area contributed by atoms with E-state index in [1.807, 2.05) is 0 Å². The van der Waals surface area contributed by atoms with Crippen LogP contribution in [-0.4, -0.2) is 44.9 Å². The normalized spacial score (nSPS) is 16.7. The maximum Gasteiger partial charge on any atom is 0.272 e. The van der Waals surface area contributed by atoms with E-state index in [2.05, 4.69) is 39.6 Å². The van der Waals surface area contributed by atoms with Crippen molar-refractivity contribution in [3.05, 3.63) is 82.4 Å². The molecule has 3 aromatic rings. The Hall–Kier alpha value is -3.03. The van der Waals surface area contributed by atoms with Crippen molar-refractivity contribution in [3.8, 4) is 5.69 Å². The number of aliphatic hydroxyl groups is 1. The molecule has 7 heteroatoms. The van der Waals surface area contributed by atoms with Crippen LogP contribution in [0.1, 0.15) is 52.1 Å². The Labute approximate surface area is 193 Å². The molecule has 5 rings (SSSR count). The van der Waals surface area contributed by atoms with Gasteiger partial charge in [0, 0.05) is 37.4 Å². The molecule has 0 radical (unpaired) electrons. The molecule has 2 N–H and O–H groups in total. The molecule has 0 bridgehead atoms. The van der Waals surface area contributed by atoms with E-state index in [0.29, 0.717) is 12.2 Å². The molecule has 0 atom stereocenters. The Balaban J connectivity index is 1.22. The van der Waals surface area contributed by atoms with Crippen LogP contribution in [-0.2, 0) is 25.9 Å². The highest BCUT2D eigenvalue weighted by Crippen LogP contribution is 2.28. The average Bonchev–Trinajstić information content (AvgIpc) is 3.44. The summed E-state index contributed by atoms with van der Waals surface area (Å²) >= 11 is 0. The molecule has 1 aromatic heterocycles. The predicted octanol–water partition coefficient (Wildman–Crippen LogP) is 3.39. The number of hydrogen-bond acceptors (Lipinski definition) is 4. The van der Waals surface area contributed by atoms with Gasteiger partial charge in [0.2, 0.25) is 0 Å². The Bertz CT molecular complexity index is 1120. The summed E-state index contributed by atoms with van der Waals surface area (Å²) in [6, 6.07) is 14.5. The molecule has 1 saturated heterocycles. The third-order valence-corrected chi connectivity index (χ3v) is 6.66. The number of hydrogen-bond donors (Lipinski definition) is 2. The first-order chi connectivity index (χ1) is 16.1. The molecule has 33 heavy (non-hydrogen) atoms. The van der Waals surface area contributed by atoms with Gasteiger partial charge in [0.1, 0.15) is 5.82 Å². The van der Waals surface area contributed by atoms with E-state index in [9.17, 15) is 14.3 Å². The lowest BCUT2D eigenvalue weighted by atomic mass is 10.1. The first kappa shape index (κ1) is 21.8. The first-order valence-electron chi connectivity index (χ1n) is 11.7. The summed E-state index contributed by atoms with van der Waals surface area (Å²) in [6.45, 7) is 3.17. The van der Waals surface area contributed by atoms with Crippen molar-refractivity contribution >= 4 is 5.91 Å². The van der Waals surface area contributed by atoms with Crippen molar-refractivity contribution in [2.24, 2.45) is 0 Å². The minimum atomic E-state index is -0.290. The molecule has 2 aromatic carbocycles. The van der Waals surface area contributed by atoms with Crippen LogP contribution in [0.3, 0.4) is 0 Å². The van der Waals surface area contributed by atoms with Crippen molar-refractivity contribution in [1.29, 1.82) is 0 Å². The molecular formula is C26H29FN4O2. The Morgan fingerprint density at radius 1 is 1.03 bits per heavy atom. The standard InChI is InChI=1S/C26H29FN4O2/c27-20-8-10-21(11-9-20)31-24-3-1-2-23(24)25(29-31)26(33)28-16-18-4-6-19(7-5-18)17-30-14-12-22(32)13-15-30/h4-11,22,32H,1-3,12-17H2,(H,28,33). The van der Waals surface area contributed by atoms with Gasteiger partial charge in [-0.25, -0.2) is 9.07 Å². The molecule has 0 spiro atoms. The van der Waals surface area contributed by atoms with Crippen LogP contribution in [0.5, 0.6) is 0 Å². The highest BCUT2D eigenvalue weighted by atomic mass is 19.1. The van der Waals surface area contributed by atoms with E-state index in [-0.39, 0.29) is 17.8 Å². The number of fused-ring (bicyclic) bond motifs is 1. The van der Waals surface area contributed by atoms with Crippen LogP contribution in [0.2, 0.25) is 0 Å². The number of nitrogens with one attached hydrogen (secondary N) is 1. The number of aliphatic hydroxyl groups excluding tert-OH is 1. The molecule has 0 saturated carbocycles. The van der Waals surface area contributed by atoms with Gasteiger partial charge in [-0.2, -0.15) is 5.10 Å². The third-order valence-electron chi connectivity index (χ3n) is 6.66. The summed E-state index contributed by atoms with van der Waals surface area (Å²) in [5.41, 5.74) is 5.55. The molecule has 1 amide bonds. The number of halogens is 1. The second-order valence-electron chi connectivity index (χ2n) is 9.02. The SMILES string of the molecule is O=C(NCc1ccc(CN2CCC(O)CC2)cc1)c1nn(-c2ccc(F)cc2)c2c1CCC2. The van der Waals surface area contributed by atoms with Crippen LogP contribution in [0.4, 0.5) is 4.39 Å². The topological polar surface area (TPSA) is 70.4 Å². The van der Waals surface area contributed by atoms with E-state index in [1.165, 1.54) is 17.7 Å². The highest BCUT2D eigenvalue weighted by Gasteiger charge is 2.27. The average molecular weight is 449 g/mol. The number of carbonyl (C=O) groups excluding carboxylic acids is 1. The fourth-order valence-electron chi connectivity index (χ4n) is 4.78. The largest absolute Gasteiger partial charge is 0.393 e. The van der Waals surface area contributed by atoms with Gasteiger partial charge in [0.15, 0.2) is 5.69 Å². The van der Waals surface area contributed by atoms with Gasteiger partial charge in [-0.1, -0.05) is 24.3 Å². The molecule has 1 aliphatic heterocycles. The lowest BCUT2D eigenvalue weighted by Gasteiger charge is -2.29. The molecule has 2 aliphatic rings. The zero-order chi connectivity index (χ0) is 22.8. The minimum Gasteiger partial charge on any atom is -0.393 e. The number of piperidine rings is 1. The fraction of sp³-hybridized carbons (Fsp3) is 0.385. The Morgan fingerprint density at radius 3 is 2.45 bits per heavy atom. The summed E-state index contributed by atoms with van der Waals surface area (Å²) in [7, 11) is 0. The van der Waals surface area contributed by atoms with Crippen LogP contribution in [0.25, 0.3) is 5.69 Å². The number of likely N-dealkylation sites (tertiary alicyclic amines) is 1. The summed E-state index contributed by atoms with van der Waals surface area (Å²) in [5.74, 6) is -0.466. The minimum absolute atomic E-state index is 0.157. The zero-order valence-corrected chi connectivity index (χ0v) is 18.6. The number of amides is 1. The van der Waals surface area contributed by atoms with Gasteiger partial charge in [-0.15, -0.1) is 0 Å². The van der Waals surface area contributed by atoms with Crippen LogP contribution in [0.15, 0.2) is 48.5 Å². The van der Waals surface area contributed by atoms with E-state index in [1.54, 1.807) is 16.8 Å². The monoisotopic (exact) mass is 448 g/mol. The Kier molecular flexibility index (Phi) is 6.24. The number of rotatable bonds is 6. The highest BCUT2D eigenvalue weighted by molar-refractivity contribution is 5.94. The van der Waals surface area contributed by atoms with Crippen molar-refractivity contribution < 1.29 is 14.3 Å². The number of aromatic nitrogens is 2. The summed E-state index contributed by atoms with van der Waals surface area (Å²) < 4.78 is 15.1. The van der Waals surface area contributed by atoms with Crippen LogP contribution >= 0.6 is 0 Å². The molecule has 0 unspecified atom stereocenters. The first-order valence-corrected chi connectivity index (χ1v) is 11.7.